The highest BCUT2D eigenvalue weighted by atomic mass is 32.1. The van der Waals surface area contributed by atoms with Gasteiger partial charge in [0.25, 0.3) is 0 Å². The first-order chi connectivity index (χ1) is 6.93. The molecule has 0 saturated heterocycles. The molecule has 1 aliphatic heterocycles. The minimum atomic E-state index is 0.920. The topological polar surface area (TPSA) is 25.2 Å². The summed E-state index contributed by atoms with van der Waals surface area (Å²) in [7, 11) is 0. The van der Waals surface area contributed by atoms with Crippen LogP contribution >= 0.6 is 11.3 Å². The molecular weight excluding hydrogens is 192 g/mol. The number of thiazole rings is 1. The van der Waals surface area contributed by atoms with E-state index in [0.29, 0.717) is 0 Å². The van der Waals surface area contributed by atoms with E-state index in [1.54, 1.807) is 11.3 Å². The Morgan fingerprint density at radius 2 is 2.14 bits per heavy atom. The first kappa shape index (κ1) is 7.88. The molecule has 3 rings (SSSR count). The van der Waals surface area contributed by atoms with Crippen molar-refractivity contribution < 1.29 is 0 Å². The Morgan fingerprint density at radius 3 is 2.93 bits per heavy atom. The molecule has 1 aliphatic rings. The quantitative estimate of drug-likeness (QED) is 0.695. The number of aromatic nitrogens is 1. The lowest BCUT2D eigenvalue weighted by Crippen LogP contribution is -1.98. The van der Waals surface area contributed by atoms with Crippen molar-refractivity contribution in [3.05, 3.63) is 46.4 Å². The smallest absolute Gasteiger partial charge is 0.137 e. The van der Waals surface area contributed by atoms with E-state index < -0.39 is 0 Å². The number of aliphatic imine (C=N–C) groups is 1. The van der Waals surface area contributed by atoms with Crippen LogP contribution in [0.4, 0.5) is 5.69 Å². The summed E-state index contributed by atoms with van der Waals surface area (Å²) in [6, 6.07) is 8.25. The van der Waals surface area contributed by atoms with E-state index in [9.17, 15) is 0 Å². The third-order valence-electron chi connectivity index (χ3n) is 2.28. The second-order valence-corrected chi connectivity index (χ2v) is 4.10. The maximum atomic E-state index is 4.56. The molecule has 2 nitrogen and oxygen atoms in total. The second-order valence-electron chi connectivity index (χ2n) is 3.20. The monoisotopic (exact) mass is 200 g/mol. The van der Waals surface area contributed by atoms with Crippen molar-refractivity contribution in [3.8, 4) is 0 Å². The highest BCUT2D eigenvalue weighted by Crippen LogP contribution is 2.28. The predicted molar refractivity (Wildman–Crippen MR) is 58.5 cm³/mol. The summed E-state index contributed by atoms with van der Waals surface area (Å²) < 4.78 is 0. The van der Waals surface area contributed by atoms with Gasteiger partial charge in [-0.05, 0) is 11.6 Å². The Bertz CT molecular complexity index is 486. The number of nitrogens with zero attached hydrogens (tertiary/aromatic N) is 2. The largest absolute Gasteiger partial charge is 0.250 e. The molecule has 0 radical (unpaired) electrons. The molecule has 0 fully saturated rings. The summed E-state index contributed by atoms with van der Waals surface area (Å²) in [6.45, 7) is 0. The van der Waals surface area contributed by atoms with Crippen LogP contribution in [0.15, 0.2) is 40.8 Å². The first-order valence-electron chi connectivity index (χ1n) is 4.49. The fraction of sp³-hybridized carbons (Fsp3) is 0.0909. The van der Waals surface area contributed by atoms with Crippen LogP contribution in [0.1, 0.15) is 10.6 Å². The van der Waals surface area contributed by atoms with Crippen LogP contribution in [0.5, 0.6) is 0 Å². The number of benzene rings is 1. The van der Waals surface area contributed by atoms with Crippen LogP contribution in [-0.4, -0.2) is 10.7 Å². The maximum Gasteiger partial charge on any atom is 0.137 e. The van der Waals surface area contributed by atoms with Gasteiger partial charge in [-0.25, -0.2) is 9.98 Å². The molecule has 0 spiro atoms. The van der Waals surface area contributed by atoms with Crippen molar-refractivity contribution >= 4 is 22.7 Å². The lowest BCUT2D eigenvalue weighted by atomic mass is 10.1. The highest BCUT2D eigenvalue weighted by Gasteiger charge is 2.16. The third-order valence-corrected chi connectivity index (χ3v) is 3.11. The van der Waals surface area contributed by atoms with Crippen molar-refractivity contribution in [3.63, 3.8) is 0 Å². The first-order valence-corrected chi connectivity index (χ1v) is 5.37. The van der Waals surface area contributed by atoms with Crippen LogP contribution < -0.4 is 0 Å². The fourth-order valence-electron chi connectivity index (χ4n) is 1.62. The van der Waals surface area contributed by atoms with E-state index in [4.69, 9.17) is 0 Å². The van der Waals surface area contributed by atoms with Crippen molar-refractivity contribution in [2.45, 2.75) is 6.42 Å². The van der Waals surface area contributed by atoms with Gasteiger partial charge in [0.15, 0.2) is 0 Å². The summed E-state index contributed by atoms with van der Waals surface area (Å²) in [5.41, 5.74) is 3.50. The van der Waals surface area contributed by atoms with Crippen molar-refractivity contribution in [2.75, 3.05) is 0 Å². The zero-order valence-corrected chi connectivity index (χ0v) is 8.29. The molecule has 14 heavy (non-hydrogen) atoms. The van der Waals surface area contributed by atoms with Crippen molar-refractivity contribution in [2.24, 2.45) is 4.99 Å². The molecule has 0 bridgehead atoms. The summed E-state index contributed by atoms with van der Waals surface area (Å²) in [6.07, 6.45) is 2.75. The molecule has 1 aromatic carbocycles. The predicted octanol–water partition coefficient (Wildman–Crippen LogP) is 2.82. The summed E-state index contributed by atoms with van der Waals surface area (Å²) >= 11 is 1.65. The van der Waals surface area contributed by atoms with Crippen LogP contribution in [0, 0.1) is 0 Å². The van der Waals surface area contributed by atoms with Gasteiger partial charge < -0.3 is 0 Å². The molecule has 2 heterocycles. The lowest BCUT2D eigenvalue weighted by Gasteiger charge is -1.92. The van der Waals surface area contributed by atoms with Gasteiger partial charge in [-0.1, -0.05) is 18.2 Å². The zero-order valence-electron chi connectivity index (χ0n) is 7.47. The van der Waals surface area contributed by atoms with Gasteiger partial charge in [0, 0.05) is 18.0 Å². The Balaban J connectivity index is 2.04. The second kappa shape index (κ2) is 3.03. The Hall–Kier alpha value is -1.48. The van der Waals surface area contributed by atoms with E-state index >= 15 is 0 Å². The Morgan fingerprint density at radius 1 is 1.21 bits per heavy atom. The van der Waals surface area contributed by atoms with E-state index in [2.05, 4.69) is 28.2 Å². The van der Waals surface area contributed by atoms with Crippen LogP contribution in [0.25, 0.3) is 0 Å². The Labute approximate surface area is 86.0 Å². The number of hydrogen-bond acceptors (Lipinski definition) is 3. The molecule has 1 aromatic heterocycles. The summed E-state index contributed by atoms with van der Waals surface area (Å²) in [5.74, 6) is 0. The minimum Gasteiger partial charge on any atom is -0.250 e. The van der Waals surface area contributed by atoms with Gasteiger partial charge in [0.05, 0.1) is 11.4 Å². The van der Waals surface area contributed by atoms with Crippen molar-refractivity contribution in [1.29, 1.82) is 0 Å². The van der Waals surface area contributed by atoms with E-state index in [-0.39, 0.29) is 0 Å². The molecule has 3 heteroatoms. The fourth-order valence-corrected chi connectivity index (χ4v) is 2.25. The number of hydrogen-bond donors (Lipinski definition) is 0. The number of rotatable bonds is 1. The molecule has 0 unspecified atom stereocenters. The van der Waals surface area contributed by atoms with E-state index in [1.807, 2.05) is 17.6 Å². The van der Waals surface area contributed by atoms with Gasteiger partial charge >= 0.3 is 0 Å². The lowest BCUT2D eigenvalue weighted by molar-refractivity contribution is 1.34. The molecule has 0 N–H and O–H groups in total. The molecule has 0 amide bonds. The SMILES string of the molecule is c1ccc2c(c1)CC(c1nccs1)=N2. The van der Waals surface area contributed by atoms with E-state index in [0.717, 1.165) is 22.8 Å². The number of para-hydroxylation sites is 1. The summed E-state index contributed by atoms with van der Waals surface area (Å²) in [5, 5.41) is 3.03. The molecule has 2 aromatic rings. The highest BCUT2D eigenvalue weighted by molar-refractivity contribution is 7.11. The molecule has 68 valence electrons. The standard InChI is InChI=1S/C11H8N2S/c1-2-4-9-8(3-1)7-10(13-9)11-12-5-6-14-11/h1-6H,7H2. The van der Waals surface area contributed by atoms with Crippen LogP contribution in [0.2, 0.25) is 0 Å². The summed E-state index contributed by atoms with van der Waals surface area (Å²) in [4.78, 5) is 8.83. The normalized spacial score (nSPS) is 13.9. The van der Waals surface area contributed by atoms with Crippen LogP contribution in [-0.2, 0) is 6.42 Å². The molecule has 0 saturated carbocycles. The number of fused-ring (bicyclic) bond motifs is 1. The zero-order chi connectivity index (χ0) is 9.38. The molecule has 0 atom stereocenters. The van der Waals surface area contributed by atoms with Gasteiger partial charge in [0.2, 0.25) is 0 Å². The maximum absolute atomic E-state index is 4.56. The Kier molecular flexibility index (Phi) is 1.70. The average molecular weight is 200 g/mol. The van der Waals surface area contributed by atoms with Gasteiger partial charge in [-0.3, -0.25) is 0 Å². The third kappa shape index (κ3) is 1.17. The average Bonchev–Trinajstić information content (AvgIpc) is 2.86. The van der Waals surface area contributed by atoms with Gasteiger partial charge in [-0.15, -0.1) is 11.3 Å². The van der Waals surface area contributed by atoms with Gasteiger partial charge in [0.1, 0.15) is 5.01 Å². The minimum absolute atomic E-state index is 0.920. The molecule has 0 aliphatic carbocycles. The molecular formula is C11H8N2S. The van der Waals surface area contributed by atoms with Crippen molar-refractivity contribution in [1.82, 2.24) is 4.98 Å². The van der Waals surface area contributed by atoms with Crippen LogP contribution in [0.3, 0.4) is 0 Å². The van der Waals surface area contributed by atoms with E-state index in [1.165, 1.54) is 5.56 Å². The van der Waals surface area contributed by atoms with Gasteiger partial charge in [-0.2, -0.15) is 0 Å².